The molecule has 3 aromatic carbocycles. The summed E-state index contributed by atoms with van der Waals surface area (Å²) in [5.74, 6) is 2.39. The standard InChI is InChI=1S/C33H33BN6O6/c1-41-31-10-4-25(5-11-31)22-28-16-19-38(35-28)44-34(45-39-20-17-29(36-39)23-26-6-12-32(42-2)13-7-26)46-40-21-18-30(37-40)24-27-8-14-33(43-3)15-9-27/h4-21H,22-24H2,1-3H3. The number of rotatable bonds is 15. The van der Waals surface area contributed by atoms with Crippen molar-refractivity contribution in [3.8, 4) is 17.2 Å². The van der Waals surface area contributed by atoms with Gasteiger partial charge in [-0.1, -0.05) is 36.4 Å². The van der Waals surface area contributed by atoms with Crippen molar-refractivity contribution in [2.24, 2.45) is 0 Å². The highest BCUT2D eigenvalue weighted by molar-refractivity contribution is 6.37. The topological polar surface area (TPSA) is 109 Å². The number of hydrogen-bond acceptors (Lipinski definition) is 9. The Labute approximate surface area is 266 Å². The van der Waals surface area contributed by atoms with Crippen LogP contribution >= 0.6 is 0 Å². The van der Waals surface area contributed by atoms with Crippen molar-refractivity contribution in [1.29, 1.82) is 0 Å². The molecule has 0 radical (unpaired) electrons. The number of hydrogen-bond donors (Lipinski definition) is 0. The van der Waals surface area contributed by atoms with Crippen LogP contribution in [0.3, 0.4) is 0 Å². The first-order valence-electron chi connectivity index (χ1n) is 14.6. The normalized spacial score (nSPS) is 10.8. The summed E-state index contributed by atoms with van der Waals surface area (Å²) in [6, 6.07) is 29.1. The molecular formula is C33H33BN6O6. The third-order valence-electron chi connectivity index (χ3n) is 7.08. The molecule has 6 aromatic rings. The van der Waals surface area contributed by atoms with E-state index in [-0.39, 0.29) is 0 Å². The molecule has 13 heteroatoms. The molecule has 0 aliphatic carbocycles. The number of ether oxygens (including phenoxy) is 3. The molecule has 3 heterocycles. The molecule has 0 fully saturated rings. The van der Waals surface area contributed by atoms with Crippen LogP contribution in [0.15, 0.2) is 110 Å². The molecule has 46 heavy (non-hydrogen) atoms. The van der Waals surface area contributed by atoms with Gasteiger partial charge in [0.15, 0.2) is 0 Å². The summed E-state index contributed by atoms with van der Waals surface area (Å²) in [4.78, 5) is 3.90. The van der Waals surface area contributed by atoms with Crippen LogP contribution in [0.1, 0.15) is 33.8 Å². The average Bonchev–Trinajstić information content (AvgIpc) is 3.84. The summed E-state index contributed by atoms with van der Waals surface area (Å²) >= 11 is 0. The fourth-order valence-corrected chi connectivity index (χ4v) is 4.67. The summed E-state index contributed by atoms with van der Waals surface area (Å²) < 4.78 is 33.7. The van der Waals surface area contributed by atoms with E-state index < -0.39 is 7.32 Å². The second kappa shape index (κ2) is 14.3. The van der Waals surface area contributed by atoms with Gasteiger partial charge in [-0.15, -0.1) is 29.8 Å². The van der Waals surface area contributed by atoms with Crippen molar-refractivity contribution in [3.05, 3.63) is 143 Å². The lowest BCUT2D eigenvalue weighted by Crippen LogP contribution is -2.49. The summed E-state index contributed by atoms with van der Waals surface area (Å²) in [5.41, 5.74) is 5.63. The lowest BCUT2D eigenvalue weighted by atomic mass is 10.1. The molecule has 0 atom stereocenters. The molecule has 0 unspecified atom stereocenters. The first-order chi connectivity index (χ1) is 22.5. The number of methoxy groups -OCH3 is 3. The quantitative estimate of drug-likeness (QED) is 0.159. The minimum atomic E-state index is -1.30. The molecule has 0 saturated heterocycles. The van der Waals surface area contributed by atoms with E-state index in [4.69, 9.17) is 28.5 Å². The lowest BCUT2D eigenvalue weighted by Gasteiger charge is -2.14. The Balaban J connectivity index is 1.15. The largest absolute Gasteiger partial charge is 0.929 e. The second-order valence-corrected chi connectivity index (χ2v) is 10.3. The van der Waals surface area contributed by atoms with E-state index >= 15 is 0 Å². The summed E-state index contributed by atoms with van der Waals surface area (Å²) in [7, 11) is 3.63. The fourth-order valence-electron chi connectivity index (χ4n) is 4.67. The lowest BCUT2D eigenvalue weighted by molar-refractivity contribution is 0.0395. The van der Waals surface area contributed by atoms with Gasteiger partial charge in [0.25, 0.3) is 0 Å². The van der Waals surface area contributed by atoms with E-state index in [9.17, 15) is 0 Å². The first kappa shape index (κ1) is 30.2. The molecule has 0 aliphatic heterocycles. The fraction of sp³-hybridized carbons (Fsp3) is 0.182. The van der Waals surface area contributed by atoms with Crippen LogP contribution in [-0.2, 0) is 19.3 Å². The zero-order valence-corrected chi connectivity index (χ0v) is 25.7. The van der Waals surface area contributed by atoms with Crippen molar-refractivity contribution in [1.82, 2.24) is 29.8 Å². The van der Waals surface area contributed by atoms with Gasteiger partial charge >= 0.3 is 7.32 Å². The van der Waals surface area contributed by atoms with Crippen LogP contribution in [0.4, 0.5) is 0 Å². The summed E-state index contributed by atoms with van der Waals surface area (Å²) in [6.07, 6.45) is 6.89. The van der Waals surface area contributed by atoms with Gasteiger partial charge in [0.1, 0.15) is 17.2 Å². The Hall–Kier alpha value is -5.85. The first-order valence-corrected chi connectivity index (χ1v) is 14.6. The van der Waals surface area contributed by atoms with Crippen LogP contribution in [0.2, 0.25) is 0 Å². The number of nitrogens with zero attached hydrogens (tertiary/aromatic N) is 6. The second-order valence-electron chi connectivity index (χ2n) is 10.3. The van der Waals surface area contributed by atoms with Crippen LogP contribution < -0.4 is 28.5 Å². The molecule has 0 N–H and O–H groups in total. The van der Waals surface area contributed by atoms with Gasteiger partial charge < -0.3 is 28.5 Å². The third kappa shape index (κ3) is 8.00. The monoisotopic (exact) mass is 620 g/mol. The molecule has 0 saturated carbocycles. The van der Waals surface area contributed by atoms with E-state index in [2.05, 4.69) is 15.3 Å². The smallest absolute Gasteiger partial charge is 0.497 e. The average molecular weight is 620 g/mol. The summed E-state index contributed by atoms with van der Waals surface area (Å²) in [6.45, 7) is 0. The van der Waals surface area contributed by atoms with Crippen LogP contribution in [-0.4, -0.2) is 58.5 Å². The van der Waals surface area contributed by atoms with Gasteiger partial charge in [-0.05, 0) is 71.3 Å². The van der Waals surface area contributed by atoms with Gasteiger partial charge in [0.05, 0.1) is 57.0 Å². The van der Waals surface area contributed by atoms with Crippen LogP contribution in [0, 0.1) is 0 Å². The van der Waals surface area contributed by atoms with Gasteiger partial charge in [-0.3, -0.25) is 0 Å². The molecule has 0 aliphatic rings. The Kier molecular flexibility index (Phi) is 9.38. The summed E-state index contributed by atoms with van der Waals surface area (Å²) in [5, 5.41) is 13.6. The van der Waals surface area contributed by atoms with Crippen molar-refractivity contribution in [2.75, 3.05) is 21.3 Å². The minimum absolute atomic E-state index is 0.606. The Morgan fingerprint density at radius 3 is 0.978 bits per heavy atom. The van der Waals surface area contributed by atoms with E-state index in [1.165, 1.54) is 14.5 Å². The third-order valence-corrected chi connectivity index (χ3v) is 7.08. The van der Waals surface area contributed by atoms with E-state index in [1.807, 2.05) is 91.0 Å². The maximum absolute atomic E-state index is 5.98. The van der Waals surface area contributed by atoms with Crippen molar-refractivity contribution >= 4 is 7.32 Å². The molecule has 12 nitrogen and oxygen atoms in total. The van der Waals surface area contributed by atoms with Gasteiger partial charge in [-0.2, -0.15) is 0 Å². The predicted octanol–water partition coefficient (Wildman–Crippen LogP) is 3.75. The van der Waals surface area contributed by atoms with Crippen LogP contribution in [0.25, 0.3) is 0 Å². The number of aromatic nitrogens is 6. The molecule has 0 amide bonds. The zero-order chi connectivity index (χ0) is 31.7. The SMILES string of the molecule is COc1ccc(Cc2ccn(OB(On3ccc(Cc4ccc(OC)cc4)n3)On3ccc(Cc4ccc(OC)cc4)n3)n2)cc1. The zero-order valence-electron chi connectivity index (χ0n) is 25.7. The molecule has 3 aromatic heterocycles. The molecule has 234 valence electrons. The molecule has 0 spiro atoms. The molecular weight excluding hydrogens is 587 g/mol. The van der Waals surface area contributed by atoms with Crippen molar-refractivity contribution in [3.63, 3.8) is 0 Å². The Morgan fingerprint density at radius 2 is 0.717 bits per heavy atom. The maximum Gasteiger partial charge on any atom is 0.929 e. The van der Waals surface area contributed by atoms with Crippen LogP contribution in [0.5, 0.6) is 17.2 Å². The van der Waals surface area contributed by atoms with E-state index in [0.717, 1.165) is 51.0 Å². The Bertz CT molecular complexity index is 1610. The predicted molar refractivity (Wildman–Crippen MR) is 170 cm³/mol. The highest BCUT2D eigenvalue weighted by Crippen LogP contribution is 2.16. The van der Waals surface area contributed by atoms with Gasteiger partial charge in [-0.25, -0.2) is 0 Å². The van der Waals surface area contributed by atoms with Crippen molar-refractivity contribution in [2.45, 2.75) is 19.3 Å². The van der Waals surface area contributed by atoms with Crippen molar-refractivity contribution < 1.29 is 28.5 Å². The Morgan fingerprint density at radius 1 is 0.435 bits per heavy atom. The highest BCUT2D eigenvalue weighted by atomic mass is 16.9. The van der Waals surface area contributed by atoms with Gasteiger partial charge in [0, 0.05) is 19.3 Å². The molecule has 6 rings (SSSR count). The van der Waals surface area contributed by atoms with Gasteiger partial charge in [0.2, 0.25) is 0 Å². The molecule has 0 bridgehead atoms. The number of benzene rings is 3. The maximum atomic E-state index is 5.98. The minimum Gasteiger partial charge on any atom is -0.497 e. The highest BCUT2D eigenvalue weighted by Gasteiger charge is 2.35. The van der Waals surface area contributed by atoms with E-state index in [1.54, 1.807) is 39.9 Å². The van der Waals surface area contributed by atoms with E-state index in [0.29, 0.717) is 19.3 Å².